The van der Waals surface area contributed by atoms with E-state index in [9.17, 15) is 5.11 Å². The predicted molar refractivity (Wildman–Crippen MR) is 88.5 cm³/mol. The van der Waals surface area contributed by atoms with E-state index < -0.39 is 6.10 Å². The number of rotatable bonds is 6. The summed E-state index contributed by atoms with van der Waals surface area (Å²) in [6.45, 7) is 11.2. The number of hydrogen-bond acceptors (Lipinski definition) is 4. The van der Waals surface area contributed by atoms with Gasteiger partial charge in [0.25, 0.3) is 0 Å². The largest absolute Gasteiger partial charge is 0.491 e. The smallest absolute Gasteiger partial charge is 0.119 e. The fourth-order valence-corrected chi connectivity index (χ4v) is 2.93. The van der Waals surface area contributed by atoms with E-state index in [-0.39, 0.29) is 12.2 Å². The first-order chi connectivity index (χ1) is 10.4. The molecule has 124 valence electrons. The summed E-state index contributed by atoms with van der Waals surface area (Å²) in [5.41, 5.74) is 1.30. The molecule has 1 heterocycles. The molecule has 0 spiro atoms. The maximum Gasteiger partial charge on any atom is 0.119 e. The summed E-state index contributed by atoms with van der Waals surface area (Å²) < 4.78 is 11.4. The third kappa shape index (κ3) is 5.27. The summed E-state index contributed by atoms with van der Waals surface area (Å²) in [6, 6.07) is 8.11. The van der Waals surface area contributed by atoms with Gasteiger partial charge in [-0.25, -0.2) is 0 Å². The van der Waals surface area contributed by atoms with Crippen LogP contribution in [0.4, 0.5) is 0 Å². The van der Waals surface area contributed by atoms with Crippen molar-refractivity contribution in [2.24, 2.45) is 0 Å². The first-order valence-corrected chi connectivity index (χ1v) is 8.22. The molecular formula is C18H29NO3. The first-order valence-electron chi connectivity index (χ1n) is 8.22. The topological polar surface area (TPSA) is 41.9 Å². The third-order valence-electron chi connectivity index (χ3n) is 3.95. The van der Waals surface area contributed by atoms with Crippen molar-refractivity contribution in [3.05, 3.63) is 29.8 Å². The molecule has 1 aromatic rings. The minimum absolute atomic E-state index is 0.223. The van der Waals surface area contributed by atoms with Gasteiger partial charge >= 0.3 is 0 Å². The quantitative estimate of drug-likeness (QED) is 0.877. The highest BCUT2D eigenvalue weighted by Crippen LogP contribution is 2.19. The fourth-order valence-electron chi connectivity index (χ4n) is 2.93. The normalized spacial score (nSPS) is 24.5. The van der Waals surface area contributed by atoms with Crippen LogP contribution < -0.4 is 4.74 Å². The van der Waals surface area contributed by atoms with E-state index in [1.165, 1.54) is 5.56 Å². The summed E-state index contributed by atoms with van der Waals surface area (Å²) in [5.74, 6) is 1.33. The lowest BCUT2D eigenvalue weighted by molar-refractivity contribution is -0.0786. The lowest BCUT2D eigenvalue weighted by atomic mass is 10.0. The zero-order chi connectivity index (χ0) is 16.1. The van der Waals surface area contributed by atoms with Crippen LogP contribution in [0.5, 0.6) is 5.75 Å². The van der Waals surface area contributed by atoms with Crippen molar-refractivity contribution in [1.29, 1.82) is 0 Å². The lowest BCUT2D eigenvalue weighted by Gasteiger charge is -2.36. The van der Waals surface area contributed by atoms with E-state index in [0.717, 1.165) is 18.8 Å². The van der Waals surface area contributed by atoms with Gasteiger partial charge in [-0.15, -0.1) is 0 Å². The Morgan fingerprint density at radius 2 is 1.77 bits per heavy atom. The molecule has 1 aliphatic rings. The number of nitrogens with zero attached hydrogens (tertiary/aromatic N) is 1. The van der Waals surface area contributed by atoms with Gasteiger partial charge in [-0.05, 0) is 37.5 Å². The average Bonchev–Trinajstić information content (AvgIpc) is 2.44. The van der Waals surface area contributed by atoms with E-state index in [4.69, 9.17) is 9.47 Å². The molecule has 1 N–H and O–H groups in total. The van der Waals surface area contributed by atoms with Gasteiger partial charge in [0.1, 0.15) is 18.5 Å². The molecule has 0 radical (unpaired) electrons. The van der Waals surface area contributed by atoms with Gasteiger partial charge in [-0.1, -0.05) is 26.0 Å². The molecule has 0 amide bonds. The zero-order valence-corrected chi connectivity index (χ0v) is 14.2. The Labute approximate surface area is 134 Å². The summed E-state index contributed by atoms with van der Waals surface area (Å²) in [5, 5.41) is 10.2. The Bertz CT molecular complexity index is 436. The van der Waals surface area contributed by atoms with E-state index in [2.05, 4.69) is 44.7 Å². The highest BCUT2D eigenvalue weighted by atomic mass is 16.5. The number of β-amino-alcohol motifs (C(OH)–C–C–N with tert-alkyl or cyclic N) is 1. The predicted octanol–water partition coefficient (Wildman–Crippen LogP) is 2.66. The number of ether oxygens (including phenoxy) is 2. The molecule has 22 heavy (non-hydrogen) atoms. The van der Waals surface area contributed by atoms with Gasteiger partial charge in [0.15, 0.2) is 0 Å². The third-order valence-corrected chi connectivity index (χ3v) is 3.95. The molecular weight excluding hydrogens is 278 g/mol. The minimum atomic E-state index is -0.484. The van der Waals surface area contributed by atoms with Crippen LogP contribution in [-0.4, -0.2) is 54.6 Å². The van der Waals surface area contributed by atoms with Gasteiger partial charge < -0.3 is 14.6 Å². The lowest BCUT2D eigenvalue weighted by Crippen LogP contribution is -2.48. The molecule has 2 rings (SSSR count). The summed E-state index contributed by atoms with van der Waals surface area (Å²) in [7, 11) is 0. The Hall–Kier alpha value is -1.10. The maximum absolute atomic E-state index is 10.2. The molecule has 1 aromatic carbocycles. The van der Waals surface area contributed by atoms with E-state index in [1.54, 1.807) is 0 Å². The molecule has 4 heteroatoms. The minimum Gasteiger partial charge on any atom is -0.491 e. The number of hydrogen-bond donors (Lipinski definition) is 1. The Morgan fingerprint density at radius 3 is 2.32 bits per heavy atom. The molecule has 1 aliphatic heterocycles. The molecule has 1 fully saturated rings. The fraction of sp³-hybridized carbons (Fsp3) is 0.667. The maximum atomic E-state index is 10.2. The van der Waals surface area contributed by atoms with Crippen LogP contribution in [0.25, 0.3) is 0 Å². The van der Waals surface area contributed by atoms with Gasteiger partial charge in [0.2, 0.25) is 0 Å². The number of aliphatic hydroxyl groups is 1. The molecule has 0 bridgehead atoms. The Morgan fingerprint density at radius 1 is 1.18 bits per heavy atom. The van der Waals surface area contributed by atoms with Crippen molar-refractivity contribution < 1.29 is 14.6 Å². The highest BCUT2D eigenvalue weighted by molar-refractivity contribution is 5.28. The summed E-state index contributed by atoms with van der Waals surface area (Å²) in [4.78, 5) is 2.24. The van der Waals surface area contributed by atoms with E-state index in [0.29, 0.717) is 19.1 Å². The van der Waals surface area contributed by atoms with E-state index >= 15 is 0 Å². The van der Waals surface area contributed by atoms with Crippen LogP contribution in [0.3, 0.4) is 0 Å². The zero-order valence-electron chi connectivity index (χ0n) is 14.2. The van der Waals surface area contributed by atoms with Gasteiger partial charge in [0, 0.05) is 19.6 Å². The second-order valence-corrected chi connectivity index (χ2v) is 6.66. The van der Waals surface area contributed by atoms with Crippen LogP contribution in [0.15, 0.2) is 24.3 Å². The summed E-state index contributed by atoms with van der Waals surface area (Å²) >= 11 is 0. The summed E-state index contributed by atoms with van der Waals surface area (Å²) in [6.07, 6.45) is -0.0387. The number of morpholine rings is 1. The molecule has 3 atom stereocenters. The Kier molecular flexibility index (Phi) is 6.24. The second kappa shape index (κ2) is 7.95. The molecule has 0 aliphatic carbocycles. The van der Waals surface area contributed by atoms with Crippen molar-refractivity contribution in [2.45, 2.75) is 51.9 Å². The monoisotopic (exact) mass is 307 g/mol. The van der Waals surface area contributed by atoms with Crippen molar-refractivity contribution in [3.8, 4) is 5.75 Å². The van der Waals surface area contributed by atoms with Gasteiger partial charge in [0.05, 0.1) is 12.2 Å². The van der Waals surface area contributed by atoms with Crippen LogP contribution in [0, 0.1) is 0 Å². The van der Waals surface area contributed by atoms with Crippen LogP contribution in [0.2, 0.25) is 0 Å². The number of benzene rings is 1. The molecule has 4 nitrogen and oxygen atoms in total. The van der Waals surface area contributed by atoms with Crippen LogP contribution in [-0.2, 0) is 4.74 Å². The Balaban J connectivity index is 1.76. The van der Waals surface area contributed by atoms with Gasteiger partial charge in [-0.2, -0.15) is 0 Å². The standard InChI is InChI=1S/C18H29NO3/c1-13(2)16-5-7-18(8-6-16)21-12-17(20)11-19-9-14(3)22-15(4)10-19/h5-8,13-15,17,20H,9-12H2,1-4H3/t14-,15-,17-/m0/s1. The van der Waals surface area contributed by atoms with E-state index in [1.807, 2.05) is 12.1 Å². The average molecular weight is 307 g/mol. The molecule has 0 aromatic heterocycles. The SMILES string of the molecule is CC(C)c1ccc(OC[C@@H](O)CN2C[C@H](C)O[C@@H](C)C2)cc1. The van der Waals surface area contributed by atoms with Gasteiger partial charge in [-0.3, -0.25) is 4.90 Å². The van der Waals surface area contributed by atoms with Crippen molar-refractivity contribution >= 4 is 0 Å². The van der Waals surface area contributed by atoms with Crippen LogP contribution in [0.1, 0.15) is 39.2 Å². The highest BCUT2D eigenvalue weighted by Gasteiger charge is 2.23. The first kappa shape index (κ1) is 17.3. The second-order valence-electron chi connectivity index (χ2n) is 6.66. The molecule has 0 saturated carbocycles. The molecule has 0 unspecified atom stereocenters. The van der Waals surface area contributed by atoms with Crippen molar-refractivity contribution in [2.75, 3.05) is 26.2 Å². The molecule has 1 saturated heterocycles. The van der Waals surface area contributed by atoms with Crippen LogP contribution >= 0.6 is 0 Å². The van der Waals surface area contributed by atoms with Crippen molar-refractivity contribution in [1.82, 2.24) is 4.90 Å². The van der Waals surface area contributed by atoms with Crippen molar-refractivity contribution in [3.63, 3.8) is 0 Å². The number of aliphatic hydroxyl groups excluding tert-OH is 1.